The Morgan fingerprint density at radius 1 is 1.43 bits per heavy atom. The topological polar surface area (TPSA) is 58.4 Å². The second-order valence-corrected chi connectivity index (χ2v) is 7.93. The van der Waals surface area contributed by atoms with Crippen molar-refractivity contribution in [1.29, 1.82) is 0 Å². The van der Waals surface area contributed by atoms with Crippen LogP contribution in [0.15, 0.2) is 24.3 Å². The van der Waals surface area contributed by atoms with Gasteiger partial charge in [0.1, 0.15) is 0 Å². The first-order chi connectivity index (χ1) is 9.94. The van der Waals surface area contributed by atoms with Crippen LogP contribution in [0.2, 0.25) is 0 Å². The number of rotatable bonds is 4. The third-order valence-electron chi connectivity index (χ3n) is 3.76. The summed E-state index contributed by atoms with van der Waals surface area (Å²) in [6.07, 6.45) is 1.70. The lowest BCUT2D eigenvalue weighted by atomic mass is 10.1. The molecule has 0 saturated carbocycles. The van der Waals surface area contributed by atoms with Crippen LogP contribution in [-0.2, 0) is 4.79 Å². The first-order valence-corrected chi connectivity index (χ1v) is 8.45. The van der Waals surface area contributed by atoms with Crippen LogP contribution in [0.4, 0.5) is 11.4 Å². The molecule has 0 radical (unpaired) electrons. The molecule has 0 spiro atoms. The monoisotopic (exact) mass is 307 g/mol. The molecule has 1 saturated heterocycles. The Kier molecular flexibility index (Phi) is 5.53. The van der Waals surface area contributed by atoms with E-state index in [2.05, 4.69) is 24.1 Å². The van der Waals surface area contributed by atoms with Crippen LogP contribution in [0.25, 0.3) is 0 Å². The number of hydrogen-bond acceptors (Lipinski definition) is 4. The molecular weight excluding hydrogens is 282 g/mol. The molecule has 1 amide bonds. The molecule has 0 unspecified atom stereocenters. The third-order valence-corrected chi connectivity index (χ3v) is 5.13. The average molecular weight is 307 g/mol. The largest absolute Gasteiger partial charge is 0.399 e. The zero-order valence-electron chi connectivity index (χ0n) is 12.9. The molecule has 0 atom stereocenters. The van der Waals surface area contributed by atoms with E-state index in [-0.39, 0.29) is 5.91 Å². The van der Waals surface area contributed by atoms with E-state index in [9.17, 15) is 4.79 Å². The van der Waals surface area contributed by atoms with E-state index in [4.69, 9.17) is 5.73 Å². The summed E-state index contributed by atoms with van der Waals surface area (Å²) in [6, 6.07) is 7.30. The molecule has 1 aliphatic heterocycles. The molecule has 1 aromatic carbocycles. The van der Waals surface area contributed by atoms with E-state index in [1.165, 1.54) is 6.42 Å². The van der Waals surface area contributed by atoms with Crippen molar-refractivity contribution in [3.8, 4) is 0 Å². The fourth-order valence-corrected chi connectivity index (χ4v) is 3.52. The predicted octanol–water partition coefficient (Wildman–Crippen LogP) is 2.81. The molecule has 0 bridgehead atoms. The highest BCUT2D eigenvalue weighted by Gasteiger charge is 2.23. The summed E-state index contributed by atoms with van der Waals surface area (Å²) in [5.41, 5.74) is 7.14. The Hall–Kier alpha value is -1.20. The molecule has 2 rings (SSSR count). The van der Waals surface area contributed by atoms with Gasteiger partial charge in [0.05, 0.1) is 0 Å². The number of nitrogens with two attached hydrogens (primary N) is 1. The van der Waals surface area contributed by atoms with Crippen LogP contribution in [0, 0.1) is 0 Å². The van der Waals surface area contributed by atoms with Crippen molar-refractivity contribution in [2.24, 2.45) is 0 Å². The summed E-state index contributed by atoms with van der Waals surface area (Å²) in [5, 5.41) is 2.90. The van der Waals surface area contributed by atoms with Crippen LogP contribution in [0.3, 0.4) is 0 Å². The van der Waals surface area contributed by atoms with Gasteiger partial charge in [-0.3, -0.25) is 4.79 Å². The molecule has 3 N–H and O–H groups in total. The maximum absolute atomic E-state index is 12.0. The molecule has 116 valence electrons. The number of carbonyl (C=O) groups excluding carboxylic acids is 1. The van der Waals surface area contributed by atoms with Crippen LogP contribution in [0.1, 0.15) is 26.7 Å². The number of carbonyl (C=O) groups is 1. The van der Waals surface area contributed by atoms with Crippen molar-refractivity contribution in [1.82, 2.24) is 4.90 Å². The Morgan fingerprint density at radius 3 is 3.00 bits per heavy atom. The van der Waals surface area contributed by atoms with Gasteiger partial charge in [-0.05, 0) is 31.2 Å². The summed E-state index contributed by atoms with van der Waals surface area (Å²) in [4.78, 5) is 14.4. The highest BCUT2D eigenvalue weighted by molar-refractivity contribution is 8.00. The summed E-state index contributed by atoms with van der Waals surface area (Å²) < 4.78 is 0.360. The predicted molar refractivity (Wildman–Crippen MR) is 91.7 cm³/mol. The van der Waals surface area contributed by atoms with E-state index in [1.54, 1.807) is 6.07 Å². The second kappa shape index (κ2) is 7.18. The van der Waals surface area contributed by atoms with E-state index in [0.717, 1.165) is 31.1 Å². The number of nitrogen functional groups attached to an aromatic ring is 1. The maximum atomic E-state index is 12.0. The summed E-state index contributed by atoms with van der Waals surface area (Å²) >= 11 is 2.03. The quantitative estimate of drug-likeness (QED) is 0.840. The number of amides is 1. The summed E-state index contributed by atoms with van der Waals surface area (Å²) in [5.74, 6) is 1.20. The SMILES string of the molecule is CC1(C)CCN(CCC(=O)Nc2cccc(N)c2)CCS1. The number of thioether (sulfide) groups is 1. The van der Waals surface area contributed by atoms with Gasteiger partial charge < -0.3 is 16.0 Å². The number of benzene rings is 1. The first kappa shape index (κ1) is 16.2. The van der Waals surface area contributed by atoms with E-state index < -0.39 is 0 Å². The van der Waals surface area contributed by atoms with Gasteiger partial charge in [0.25, 0.3) is 0 Å². The van der Waals surface area contributed by atoms with Crippen molar-refractivity contribution in [3.63, 3.8) is 0 Å². The molecule has 1 fully saturated rings. The van der Waals surface area contributed by atoms with Gasteiger partial charge in [-0.25, -0.2) is 0 Å². The van der Waals surface area contributed by atoms with Crippen molar-refractivity contribution < 1.29 is 4.79 Å². The minimum Gasteiger partial charge on any atom is -0.399 e. The van der Waals surface area contributed by atoms with Crippen molar-refractivity contribution in [2.75, 3.05) is 36.4 Å². The molecule has 5 heteroatoms. The van der Waals surface area contributed by atoms with Gasteiger partial charge in [0.2, 0.25) is 5.91 Å². The summed E-state index contributed by atoms with van der Waals surface area (Å²) in [7, 11) is 0. The van der Waals surface area contributed by atoms with Gasteiger partial charge in [-0.2, -0.15) is 11.8 Å². The molecule has 21 heavy (non-hydrogen) atoms. The number of nitrogens with zero attached hydrogens (tertiary/aromatic N) is 1. The molecule has 1 heterocycles. The van der Waals surface area contributed by atoms with Crippen LogP contribution in [0.5, 0.6) is 0 Å². The number of anilines is 2. The Morgan fingerprint density at radius 2 is 2.24 bits per heavy atom. The molecule has 4 nitrogen and oxygen atoms in total. The van der Waals surface area contributed by atoms with Crippen molar-refractivity contribution in [2.45, 2.75) is 31.4 Å². The van der Waals surface area contributed by atoms with Gasteiger partial charge in [0.15, 0.2) is 0 Å². The molecule has 0 aliphatic carbocycles. The lowest BCUT2D eigenvalue weighted by molar-refractivity contribution is -0.116. The Balaban J connectivity index is 1.76. The second-order valence-electron chi connectivity index (χ2n) is 6.12. The van der Waals surface area contributed by atoms with E-state index in [0.29, 0.717) is 16.9 Å². The smallest absolute Gasteiger partial charge is 0.225 e. The van der Waals surface area contributed by atoms with Gasteiger partial charge >= 0.3 is 0 Å². The number of nitrogens with one attached hydrogen (secondary N) is 1. The zero-order valence-corrected chi connectivity index (χ0v) is 13.7. The molecule has 1 aromatic rings. The van der Waals surface area contributed by atoms with Crippen LogP contribution >= 0.6 is 11.8 Å². The lowest BCUT2D eigenvalue weighted by Crippen LogP contribution is -2.30. The van der Waals surface area contributed by atoms with Crippen molar-refractivity contribution >= 4 is 29.0 Å². The minimum atomic E-state index is 0.0526. The maximum Gasteiger partial charge on any atom is 0.225 e. The minimum absolute atomic E-state index is 0.0526. The van der Waals surface area contributed by atoms with Crippen molar-refractivity contribution in [3.05, 3.63) is 24.3 Å². The van der Waals surface area contributed by atoms with Crippen LogP contribution in [-0.4, -0.2) is 40.9 Å². The standard InChI is InChI=1S/C16H25N3OS/c1-16(2)7-9-19(10-11-21-16)8-6-15(20)18-14-5-3-4-13(17)12-14/h3-5,12H,6-11,17H2,1-2H3,(H,18,20). The highest BCUT2D eigenvalue weighted by Crippen LogP contribution is 2.30. The number of hydrogen-bond donors (Lipinski definition) is 2. The summed E-state index contributed by atoms with van der Waals surface area (Å²) in [6.45, 7) is 7.57. The average Bonchev–Trinajstić information content (AvgIpc) is 2.57. The molecule has 1 aliphatic rings. The van der Waals surface area contributed by atoms with Crippen LogP contribution < -0.4 is 11.1 Å². The lowest BCUT2D eigenvalue weighted by Gasteiger charge is -2.22. The normalized spacial score (nSPS) is 19.0. The molecule has 0 aromatic heterocycles. The fraction of sp³-hybridized carbons (Fsp3) is 0.562. The fourth-order valence-electron chi connectivity index (χ4n) is 2.39. The third kappa shape index (κ3) is 5.59. The highest BCUT2D eigenvalue weighted by atomic mass is 32.2. The van der Waals surface area contributed by atoms with E-state index >= 15 is 0 Å². The Bertz CT molecular complexity index is 490. The zero-order chi connectivity index (χ0) is 15.3. The van der Waals surface area contributed by atoms with Gasteiger partial charge in [-0.1, -0.05) is 19.9 Å². The Labute approximate surface area is 131 Å². The van der Waals surface area contributed by atoms with Gasteiger partial charge in [0, 0.05) is 41.4 Å². The first-order valence-electron chi connectivity index (χ1n) is 7.46. The van der Waals surface area contributed by atoms with Gasteiger partial charge in [-0.15, -0.1) is 0 Å². The molecular formula is C16H25N3OS. The van der Waals surface area contributed by atoms with E-state index in [1.807, 2.05) is 30.0 Å².